The van der Waals surface area contributed by atoms with Gasteiger partial charge < -0.3 is 14.4 Å². The third-order valence-electron chi connectivity index (χ3n) is 6.16. The monoisotopic (exact) mass is 369 g/mol. The zero-order valence-corrected chi connectivity index (χ0v) is 16.6. The number of nitrogens with zero attached hydrogens (tertiary/aromatic N) is 3. The molecule has 146 valence electrons. The molecule has 1 N–H and O–H groups in total. The highest BCUT2D eigenvalue weighted by Gasteiger charge is 2.53. The molecule has 0 unspecified atom stereocenters. The molecule has 2 bridgehead atoms. The van der Waals surface area contributed by atoms with Gasteiger partial charge in [0.05, 0.1) is 6.10 Å². The Hall–Kier alpha value is -1.85. The van der Waals surface area contributed by atoms with Crippen molar-refractivity contribution in [1.82, 2.24) is 14.5 Å². The van der Waals surface area contributed by atoms with Gasteiger partial charge in [0, 0.05) is 50.9 Å². The molecule has 2 aromatic rings. The van der Waals surface area contributed by atoms with Gasteiger partial charge in [0.15, 0.2) is 0 Å². The molecular formula is C22H31N3O2. The molecule has 1 saturated heterocycles. The first-order valence-electron chi connectivity index (χ1n) is 10.1. The van der Waals surface area contributed by atoms with Crippen LogP contribution in [-0.4, -0.2) is 38.8 Å². The SMILES string of the molecule is CC(C)Oc1cccc(CN2C[C@@H]3CCC[C@@H](C2)C3(O)c2nccn2C)c1. The molecule has 2 fully saturated rings. The van der Waals surface area contributed by atoms with E-state index in [4.69, 9.17) is 4.74 Å². The van der Waals surface area contributed by atoms with Crippen molar-refractivity contribution in [1.29, 1.82) is 0 Å². The number of rotatable bonds is 5. The van der Waals surface area contributed by atoms with Gasteiger partial charge in [-0.25, -0.2) is 4.98 Å². The van der Waals surface area contributed by atoms with E-state index in [0.29, 0.717) is 0 Å². The van der Waals surface area contributed by atoms with Crippen molar-refractivity contribution in [3.05, 3.63) is 48.0 Å². The summed E-state index contributed by atoms with van der Waals surface area (Å²) >= 11 is 0. The highest BCUT2D eigenvalue weighted by atomic mass is 16.5. The van der Waals surface area contributed by atoms with Gasteiger partial charge in [-0.2, -0.15) is 0 Å². The second kappa shape index (κ2) is 7.28. The van der Waals surface area contributed by atoms with Crippen LogP contribution in [0.4, 0.5) is 0 Å². The first kappa shape index (κ1) is 18.5. The third kappa shape index (κ3) is 3.50. The maximum absolute atomic E-state index is 11.7. The predicted molar refractivity (Wildman–Crippen MR) is 105 cm³/mol. The number of aliphatic hydroxyl groups is 1. The van der Waals surface area contributed by atoms with Crippen LogP contribution in [0.2, 0.25) is 0 Å². The number of hydrogen-bond acceptors (Lipinski definition) is 4. The van der Waals surface area contributed by atoms with Crippen LogP contribution in [0.25, 0.3) is 0 Å². The lowest BCUT2D eigenvalue weighted by atomic mass is 9.65. The lowest BCUT2D eigenvalue weighted by molar-refractivity contribution is -0.155. The number of piperidine rings is 1. The van der Waals surface area contributed by atoms with E-state index in [1.807, 2.05) is 23.9 Å². The molecule has 5 nitrogen and oxygen atoms in total. The summed E-state index contributed by atoms with van der Waals surface area (Å²) in [6, 6.07) is 8.41. The molecule has 4 rings (SSSR count). The molecule has 1 aliphatic heterocycles. The van der Waals surface area contributed by atoms with Gasteiger partial charge in [-0.1, -0.05) is 18.6 Å². The maximum Gasteiger partial charge on any atom is 0.141 e. The second-order valence-electron chi connectivity index (χ2n) is 8.52. The third-order valence-corrected chi connectivity index (χ3v) is 6.16. The molecule has 1 aliphatic carbocycles. The van der Waals surface area contributed by atoms with E-state index < -0.39 is 5.60 Å². The van der Waals surface area contributed by atoms with Crippen LogP contribution < -0.4 is 4.74 Å². The van der Waals surface area contributed by atoms with Gasteiger partial charge in [-0.3, -0.25) is 4.90 Å². The summed E-state index contributed by atoms with van der Waals surface area (Å²) in [5.74, 6) is 2.25. The quantitative estimate of drug-likeness (QED) is 0.878. The molecule has 2 heterocycles. The standard InChI is InChI=1S/C22H31N3O2/c1-16(2)27-20-9-4-6-17(12-20)13-25-14-18-7-5-8-19(15-25)22(18,26)21-23-10-11-24(21)3/h4,6,9-12,16,18-19,26H,5,7-8,13-15H2,1-3H3/t18-,19-/m0/s1. The van der Waals surface area contributed by atoms with Crippen molar-refractivity contribution < 1.29 is 9.84 Å². The van der Waals surface area contributed by atoms with Crippen molar-refractivity contribution >= 4 is 0 Å². The number of aryl methyl sites for hydroxylation is 1. The van der Waals surface area contributed by atoms with Crippen molar-refractivity contribution in [2.75, 3.05) is 13.1 Å². The van der Waals surface area contributed by atoms with Crippen LogP contribution in [0.15, 0.2) is 36.7 Å². The summed E-state index contributed by atoms with van der Waals surface area (Å²) in [5, 5.41) is 11.7. The highest BCUT2D eigenvalue weighted by Crippen LogP contribution is 2.48. The molecule has 2 atom stereocenters. The minimum atomic E-state index is -0.796. The van der Waals surface area contributed by atoms with Crippen molar-refractivity contribution in [3.8, 4) is 5.75 Å². The predicted octanol–water partition coefficient (Wildman–Crippen LogP) is 3.33. The summed E-state index contributed by atoms with van der Waals surface area (Å²) in [6.45, 7) is 6.83. The molecule has 0 amide bonds. The van der Waals surface area contributed by atoms with Crippen LogP contribution in [0.1, 0.15) is 44.5 Å². The molecule has 1 aromatic carbocycles. The largest absolute Gasteiger partial charge is 0.491 e. The first-order chi connectivity index (χ1) is 13.0. The Kier molecular flexibility index (Phi) is 4.99. The van der Waals surface area contributed by atoms with Gasteiger partial charge in [0.1, 0.15) is 17.2 Å². The zero-order valence-electron chi connectivity index (χ0n) is 16.6. The number of benzene rings is 1. The van der Waals surface area contributed by atoms with Gasteiger partial charge >= 0.3 is 0 Å². The van der Waals surface area contributed by atoms with E-state index in [9.17, 15) is 5.11 Å². The zero-order chi connectivity index (χ0) is 19.0. The maximum atomic E-state index is 11.7. The van der Waals surface area contributed by atoms with E-state index in [-0.39, 0.29) is 17.9 Å². The summed E-state index contributed by atoms with van der Waals surface area (Å²) in [5.41, 5.74) is 0.476. The van der Waals surface area contributed by atoms with Gasteiger partial charge in [0.2, 0.25) is 0 Å². The van der Waals surface area contributed by atoms with E-state index in [2.05, 4.69) is 41.9 Å². The molecule has 5 heteroatoms. The number of hydrogen-bond donors (Lipinski definition) is 1. The first-order valence-corrected chi connectivity index (χ1v) is 10.1. The normalized spacial score (nSPS) is 28.5. The van der Waals surface area contributed by atoms with Gasteiger partial charge in [-0.05, 0) is 44.4 Å². The number of fused-ring (bicyclic) bond motifs is 2. The van der Waals surface area contributed by atoms with Gasteiger partial charge in [0.25, 0.3) is 0 Å². The summed E-state index contributed by atoms with van der Waals surface area (Å²) in [4.78, 5) is 7.02. The number of imidazole rings is 1. The Morgan fingerprint density at radius 1 is 1.26 bits per heavy atom. The molecule has 27 heavy (non-hydrogen) atoms. The summed E-state index contributed by atoms with van der Waals surface area (Å²) < 4.78 is 7.84. The average Bonchev–Trinajstić information content (AvgIpc) is 3.02. The Morgan fingerprint density at radius 2 is 2.00 bits per heavy atom. The number of aromatic nitrogens is 2. The minimum absolute atomic E-state index is 0.183. The summed E-state index contributed by atoms with van der Waals surface area (Å²) in [7, 11) is 1.99. The molecule has 0 spiro atoms. The summed E-state index contributed by atoms with van der Waals surface area (Å²) in [6.07, 6.45) is 7.25. The fourth-order valence-corrected chi connectivity index (χ4v) is 5.04. The van der Waals surface area contributed by atoms with Crippen LogP contribution in [0.5, 0.6) is 5.75 Å². The van der Waals surface area contributed by atoms with Crippen LogP contribution in [0, 0.1) is 11.8 Å². The molecule has 1 aromatic heterocycles. The van der Waals surface area contributed by atoms with Crippen LogP contribution in [0.3, 0.4) is 0 Å². The number of ether oxygens (including phenoxy) is 1. The van der Waals surface area contributed by atoms with E-state index in [0.717, 1.165) is 44.0 Å². The Bertz CT molecular complexity index is 771. The topological polar surface area (TPSA) is 50.5 Å². The van der Waals surface area contributed by atoms with Crippen molar-refractivity contribution in [2.24, 2.45) is 18.9 Å². The van der Waals surface area contributed by atoms with Crippen LogP contribution in [-0.2, 0) is 19.2 Å². The smallest absolute Gasteiger partial charge is 0.141 e. The minimum Gasteiger partial charge on any atom is -0.491 e. The Labute approximate surface area is 162 Å². The molecule has 1 saturated carbocycles. The molecule has 2 aliphatic rings. The van der Waals surface area contributed by atoms with Crippen molar-refractivity contribution in [2.45, 2.75) is 51.4 Å². The lowest BCUT2D eigenvalue weighted by Crippen LogP contribution is -2.58. The highest BCUT2D eigenvalue weighted by molar-refractivity contribution is 5.29. The van der Waals surface area contributed by atoms with E-state index >= 15 is 0 Å². The van der Waals surface area contributed by atoms with Crippen molar-refractivity contribution in [3.63, 3.8) is 0 Å². The lowest BCUT2D eigenvalue weighted by Gasteiger charge is -2.52. The number of likely N-dealkylation sites (tertiary alicyclic amines) is 1. The van der Waals surface area contributed by atoms with E-state index in [1.165, 1.54) is 12.0 Å². The fraction of sp³-hybridized carbons (Fsp3) is 0.591. The molecule has 0 radical (unpaired) electrons. The van der Waals surface area contributed by atoms with Gasteiger partial charge in [-0.15, -0.1) is 0 Å². The molecular weight excluding hydrogens is 338 g/mol. The Morgan fingerprint density at radius 3 is 2.63 bits per heavy atom. The Balaban J connectivity index is 1.52. The average molecular weight is 370 g/mol. The van der Waals surface area contributed by atoms with Crippen LogP contribution >= 0.6 is 0 Å². The fourth-order valence-electron chi connectivity index (χ4n) is 5.04. The van der Waals surface area contributed by atoms with E-state index in [1.54, 1.807) is 6.20 Å². The second-order valence-corrected chi connectivity index (χ2v) is 8.52.